The highest BCUT2D eigenvalue weighted by molar-refractivity contribution is 5.36. The van der Waals surface area contributed by atoms with Crippen molar-refractivity contribution in [1.29, 1.82) is 0 Å². The molecule has 5 saturated heterocycles. The van der Waals surface area contributed by atoms with E-state index in [1.165, 1.54) is 7.11 Å². The Morgan fingerprint density at radius 3 is 2.48 bits per heavy atom. The lowest BCUT2D eigenvalue weighted by Crippen LogP contribution is -2.74. The van der Waals surface area contributed by atoms with Crippen LogP contribution in [0.2, 0.25) is 0 Å². The maximum absolute atomic E-state index is 10.8. The Bertz CT molecular complexity index is 486. The van der Waals surface area contributed by atoms with E-state index in [4.69, 9.17) is 23.7 Å². The Kier molecular flexibility index (Phi) is 2.58. The van der Waals surface area contributed by atoms with Gasteiger partial charge in [0.25, 0.3) is 0 Å². The standard InChI is InChI=1S/C14H22O7/c1-7-14-11(2)10(16)13(18-4,21-14)5-8(20-11)12(14,17-3)6-9(15)19-7/h7-10,15-16H,5-6H2,1-4H3/t7-,8+,9+,10+,11+,12+,13-,14-/m1/s1. The molecule has 0 aromatic rings. The molecule has 0 aromatic carbocycles. The summed E-state index contributed by atoms with van der Waals surface area (Å²) in [6, 6.07) is 0. The maximum Gasteiger partial charge on any atom is 0.200 e. The van der Waals surface area contributed by atoms with E-state index in [0.717, 1.165) is 0 Å². The number of hydrogen-bond acceptors (Lipinski definition) is 7. The summed E-state index contributed by atoms with van der Waals surface area (Å²) in [6.07, 6.45) is -2.15. The molecule has 5 rings (SSSR count). The molecule has 7 nitrogen and oxygen atoms in total. The zero-order valence-electron chi connectivity index (χ0n) is 12.7. The van der Waals surface area contributed by atoms with Crippen molar-refractivity contribution in [1.82, 2.24) is 0 Å². The highest BCUT2D eigenvalue weighted by atomic mass is 16.8. The topological polar surface area (TPSA) is 86.6 Å². The Hall–Kier alpha value is -0.280. The quantitative estimate of drug-likeness (QED) is 0.713. The minimum absolute atomic E-state index is 0.237. The van der Waals surface area contributed by atoms with E-state index in [9.17, 15) is 10.2 Å². The van der Waals surface area contributed by atoms with E-state index in [1.807, 2.05) is 13.8 Å². The van der Waals surface area contributed by atoms with Gasteiger partial charge in [0.2, 0.25) is 5.79 Å². The number of rotatable bonds is 2. The molecule has 5 fully saturated rings. The maximum atomic E-state index is 10.8. The number of methoxy groups -OCH3 is 2. The molecule has 4 bridgehead atoms. The van der Waals surface area contributed by atoms with E-state index in [2.05, 4.69) is 0 Å². The zero-order valence-corrected chi connectivity index (χ0v) is 12.7. The molecular weight excluding hydrogens is 280 g/mol. The SMILES string of the molecule is CO[C@@]12C[C@@H]3O[C@@](C)([C@@H]1O)[C@]1(O2)[C@@H](C)O[C@H](O)C[C@]31OC. The van der Waals surface area contributed by atoms with Gasteiger partial charge in [-0.2, -0.15) is 0 Å². The highest BCUT2D eigenvalue weighted by Crippen LogP contribution is 2.70. The van der Waals surface area contributed by atoms with Gasteiger partial charge in [0.05, 0.1) is 12.2 Å². The molecule has 0 saturated carbocycles. The van der Waals surface area contributed by atoms with Gasteiger partial charge in [0, 0.05) is 27.1 Å². The fourth-order valence-electron chi connectivity index (χ4n) is 5.31. The molecule has 2 N–H and O–H groups in total. The van der Waals surface area contributed by atoms with Crippen molar-refractivity contribution < 1.29 is 33.9 Å². The molecule has 0 radical (unpaired) electrons. The van der Waals surface area contributed by atoms with Gasteiger partial charge < -0.3 is 33.9 Å². The first-order valence-electron chi connectivity index (χ1n) is 7.32. The summed E-state index contributed by atoms with van der Waals surface area (Å²) in [5.41, 5.74) is -2.90. The van der Waals surface area contributed by atoms with E-state index >= 15 is 0 Å². The second kappa shape index (κ2) is 3.79. The Morgan fingerprint density at radius 2 is 1.86 bits per heavy atom. The Balaban J connectivity index is 1.94. The van der Waals surface area contributed by atoms with Gasteiger partial charge in [0.1, 0.15) is 17.3 Å². The van der Waals surface area contributed by atoms with E-state index < -0.39 is 41.1 Å². The largest absolute Gasteiger partial charge is 0.384 e. The summed E-state index contributed by atoms with van der Waals surface area (Å²) in [6.45, 7) is 3.62. The third-order valence-corrected chi connectivity index (χ3v) is 6.14. The number of aliphatic hydroxyl groups is 2. The number of hydrogen-bond donors (Lipinski definition) is 2. The zero-order chi connectivity index (χ0) is 15.3. The van der Waals surface area contributed by atoms with Crippen molar-refractivity contribution >= 4 is 0 Å². The third-order valence-electron chi connectivity index (χ3n) is 6.14. The van der Waals surface area contributed by atoms with Gasteiger partial charge >= 0.3 is 0 Å². The summed E-state index contributed by atoms with van der Waals surface area (Å²) in [4.78, 5) is 0. The first-order valence-corrected chi connectivity index (χ1v) is 7.32. The molecular formula is C14H22O7. The van der Waals surface area contributed by atoms with Crippen LogP contribution in [0.1, 0.15) is 26.7 Å². The molecule has 5 aliphatic heterocycles. The molecule has 120 valence electrons. The third kappa shape index (κ3) is 1.17. The Labute approximate surface area is 123 Å². The van der Waals surface area contributed by atoms with Gasteiger partial charge in [-0.1, -0.05) is 0 Å². The lowest BCUT2D eigenvalue weighted by molar-refractivity contribution is -0.388. The predicted octanol–water partition coefficient (Wildman–Crippen LogP) is -0.467. The molecule has 5 aliphatic rings. The van der Waals surface area contributed by atoms with Crippen LogP contribution < -0.4 is 0 Å². The summed E-state index contributed by atoms with van der Waals surface area (Å²) < 4.78 is 29.4. The van der Waals surface area contributed by atoms with Crippen molar-refractivity contribution in [3.8, 4) is 0 Å². The van der Waals surface area contributed by atoms with Crippen LogP contribution in [0.15, 0.2) is 0 Å². The average molecular weight is 302 g/mol. The number of aliphatic hydroxyl groups excluding tert-OH is 2. The lowest BCUT2D eigenvalue weighted by atomic mass is 9.66. The minimum atomic E-state index is -1.11. The van der Waals surface area contributed by atoms with Crippen LogP contribution in [-0.2, 0) is 23.7 Å². The molecule has 1 spiro atoms. The van der Waals surface area contributed by atoms with E-state index in [1.54, 1.807) is 7.11 Å². The van der Waals surface area contributed by atoms with Crippen molar-refractivity contribution in [3.63, 3.8) is 0 Å². The predicted molar refractivity (Wildman–Crippen MR) is 68.4 cm³/mol. The Morgan fingerprint density at radius 1 is 1.14 bits per heavy atom. The van der Waals surface area contributed by atoms with Crippen molar-refractivity contribution in [3.05, 3.63) is 0 Å². The second-order valence-corrected chi connectivity index (χ2v) is 6.70. The van der Waals surface area contributed by atoms with Crippen molar-refractivity contribution in [2.75, 3.05) is 14.2 Å². The lowest BCUT2D eigenvalue weighted by Gasteiger charge is -2.56. The van der Waals surface area contributed by atoms with Crippen LogP contribution >= 0.6 is 0 Å². The smallest absolute Gasteiger partial charge is 0.200 e. The van der Waals surface area contributed by atoms with E-state index in [-0.39, 0.29) is 12.5 Å². The molecule has 21 heavy (non-hydrogen) atoms. The summed E-state index contributed by atoms with van der Waals surface area (Å²) in [5.74, 6) is -1.11. The molecule has 0 aliphatic carbocycles. The van der Waals surface area contributed by atoms with Crippen molar-refractivity contribution in [2.24, 2.45) is 0 Å². The highest BCUT2D eigenvalue weighted by Gasteiger charge is 2.90. The first-order chi connectivity index (χ1) is 9.82. The number of ether oxygens (including phenoxy) is 5. The first kappa shape index (κ1) is 14.3. The molecule has 0 unspecified atom stereocenters. The fraction of sp³-hybridized carbons (Fsp3) is 1.00. The van der Waals surface area contributed by atoms with Crippen LogP contribution in [0, 0.1) is 0 Å². The molecule has 7 heteroatoms. The average Bonchev–Trinajstić information content (AvgIpc) is 2.68. The molecule has 0 aromatic heterocycles. The monoisotopic (exact) mass is 302 g/mol. The fourth-order valence-corrected chi connectivity index (χ4v) is 5.31. The van der Waals surface area contributed by atoms with Crippen LogP contribution in [0.4, 0.5) is 0 Å². The van der Waals surface area contributed by atoms with Gasteiger partial charge in [-0.15, -0.1) is 0 Å². The molecule has 8 atom stereocenters. The van der Waals surface area contributed by atoms with Crippen LogP contribution in [0.25, 0.3) is 0 Å². The van der Waals surface area contributed by atoms with Gasteiger partial charge in [-0.25, -0.2) is 0 Å². The molecule has 5 heterocycles. The van der Waals surface area contributed by atoms with Crippen LogP contribution in [-0.4, -0.2) is 71.6 Å². The van der Waals surface area contributed by atoms with Crippen LogP contribution in [0.5, 0.6) is 0 Å². The molecule has 0 amide bonds. The summed E-state index contributed by atoms with van der Waals surface area (Å²) >= 11 is 0. The van der Waals surface area contributed by atoms with Gasteiger partial charge in [-0.3, -0.25) is 0 Å². The normalized spacial score (nSPS) is 64.9. The summed E-state index contributed by atoms with van der Waals surface area (Å²) in [5, 5.41) is 20.8. The second-order valence-electron chi connectivity index (χ2n) is 6.70. The van der Waals surface area contributed by atoms with Gasteiger partial charge in [0.15, 0.2) is 11.9 Å². The van der Waals surface area contributed by atoms with Gasteiger partial charge in [-0.05, 0) is 13.8 Å². The van der Waals surface area contributed by atoms with E-state index in [0.29, 0.717) is 6.42 Å². The van der Waals surface area contributed by atoms with Crippen molar-refractivity contribution in [2.45, 2.75) is 73.9 Å². The van der Waals surface area contributed by atoms with Crippen LogP contribution in [0.3, 0.4) is 0 Å². The minimum Gasteiger partial charge on any atom is -0.384 e. The summed E-state index contributed by atoms with van der Waals surface area (Å²) in [7, 11) is 3.11.